The Morgan fingerprint density at radius 1 is 1.44 bits per heavy atom. The zero-order valence-corrected chi connectivity index (χ0v) is 12.2. The maximum atomic E-state index is 10.5. The number of aromatic nitrogens is 4. The van der Waals surface area contributed by atoms with Crippen LogP contribution >= 0.6 is 11.8 Å². The summed E-state index contributed by atoms with van der Waals surface area (Å²) in [5, 5.41) is 23.0. The fourth-order valence-corrected chi connectivity index (χ4v) is 3.41. The van der Waals surface area contributed by atoms with Crippen LogP contribution in [0, 0.1) is 5.92 Å². The van der Waals surface area contributed by atoms with Gasteiger partial charge in [-0.15, -0.1) is 5.10 Å². The second kappa shape index (κ2) is 5.57. The van der Waals surface area contributed by atoms with Gasteiger partial charge in [0.25, 0.3) is 0 Å². The summed E-state index contributed by atoms with van der Waals surface area (Å²) in [5.41, 5.74) is -0.537. The first-order chi connectivity index (χ1) is 8.50. The first kappa shape index (κ1) is 13.8. The molecule has 0 radical (unpaired) electrons. The summed E-state index contributed by atoms with van der Waals surface area (Å²) < 4.78 is 1.81. The molecule has 0 unspecified atom stereocenters. The van der Waals surface area contributed by atoms with E-state index in [0.717, 1.165) is 36.8 Å². The fraction of sp³-hybridized carbons (Fsp3) is 0.917. The number of hydrogen-bond donors (Lipinski definition) is 1. The van der Waals surface area contributed by atoms with E-state index in [4.69, 9.17) is 0 Å². The predicted molar refractivity (Wildman–Crippen MR) is 71.5 cm³/mol. The lowest BCUT2D eigenvalue weighted by Gasteiger charge is -2.34. The summed E-state index contributed by atoms with van der Waals surface area (Å²) in [4.78, 5) is 0. The van der Waals surface area contributed by atoms with Crippen LogP contribution in [-0.4, -0.2) is 36.7 Å². The van der Waals surface area contributed by atoms with E-state index in [2.05, 4.69) is 36.3 Å². The van der Waals surface area contributed by atoms with Crippen LogP contribution in [0.4, 0.5) is 0 Å². The van der Waals surface area contributed by atoms with Gasteiger partial charge in [0, 0.05) is 5.75 Å². The summed E-state index contributed by atoms with van der Waals surface area (Å²) in [6.07, 6.45) is 4.02. The predicted octanol–water partition coefficient (Wildman–Crippen LogP) is 2.29. The SMILES string of the molecule is CC1CCC(O)(CSc2nnnn2C(C)C)CC1. The minimum absolute atomic E-state index is 0.253. The van der Waals surface area contributed by atoms with Crippen molar-refractivity contribution in [3.8, 4) is 0 Å². The van der Waals surface area contributed by atoms with Crippen molar-refractivity contribution < 1.29 is 5.11 Å². The molecule has 1 aromatic heterocycles. The summed E-state index contributed by atoms with van der Waals surface area (Å²) in [7, 11) is 0. The summed E-state index contributed by atoms with van der Waals surface area (Å²) in [6.45, 7) is 6.36. The molecule has 1 aliphatic carbocycles. The molecular weight excluding hydrogens is 248 g/mol. The van der Waals surface area contributed by atoms with Crippen molar-refractivity contribution in [3.05, 3.63) is 0 Å². The van der Waals surface area contributed by atoms with Gasteiger partial charge in [0.1, 0.15) is 0 Å². The van der Waals surface area contributed by atoms with Gasteiger partial charge in [0.15, 0.2) is 0 Å². The second-order valence-corrected chi connectivity index (χ2v) is 6.64. The van der Waals surface area contributed by atoms with Crippen molar-refractivity contribution in [2.24, 2.45) is 5.92 Å². The summed E-state index contributed by atoms with van der Waals surface area (Å²) >= 11 is 1.57. The van der Waals surface area contributed by atoms with Crippen LogP contribution in [0.2, 0.25) is 0 Å². The molecule has 102 valence electrons. The third kappa shape index (κ3) is 3.23. The zero-order valence-electron chi connectivity index (χ0n) is 11.3. The standard InChI is InChI=1S/C12H22N4OS/c1-9(2)16-11(13-14-15-16)18-8-12(17)6-4-10(3)5-7-12/h9-10,17H,4-8H2,1-3H3. The van der Waals surface area contributed by atoms with Gasteiger partial charge in [-0.1, -0.05) is 18.7 Å². The lowest BCUT2D eigenvalue weighted by Crippen LogP contribution is -2.36. The first-order valence-electron chi connectivity index (χ1n) is 6.63. The van der Waals surface area contributed by atoms with Gasteiger partial charge < -0.3 is 5.11 Å². The van der Waals surface area contributed by atoms with Crippen molar-refractivity contribution in [3.63, 3.8) is 0 Å². The Bertz CT molecular complexity index is 385. The molecule has 5 nitrogen and oxygen atoms in total. The largest absolute Gasteiger partial charge is 0.389 e. The van der Waals surface area contributed by atoms with E-state index in [1.807, 2.05) is 0 Å². The number of aliphatic hydroxyl groups is 1. The Hall–Kier alpha value is -0.620. The highest BCUT2D eigenvalue weighted by molar-refractivity contribution is 7.99. The Kier molecular flexibility index (Phi) is 4.27. The van der Waals surface area contributed by atoms with Crippen LogP contribution in [0.3, 0.4) is 0 Å². The topological polar surface area (TPSA) is 63.8 Å². The van der Waals surface area contributed by atoms with Crippen molar-refractivity contribution in [2.45, 2.75) is 63.3 Å². The lowest BCUT2D eigenvalue weighted by atomic mass is 9.81. The molecule has 0 bridgehead atoms. The third-order valence-electron chi connectivity index (χ3n) is 3.63. The van der Waals surface area contributed by atoms with E-state index in [1.165, 1.54) is 0 Å². The second-order valence-electron chi connectivity index (χ2n) is 5.70. The van der Waals surface area contributed by atoms with E-state index in [1.54, 1.807) is 16.4 Å². The Morgan fingerprint density at radius 2 is 2.11 bits per heavy atom. The van der Waals surface area contributed by atoms with Crippen LogP contribution in [-0.2, 0) is 0 Å². The first-order valence-corrected chi connectivity index (χ1v) is 7.62. The highest BCUT2D eigenvalue weighted by Gasteiger charge is 2.32. The van der Waals surface area contributed by atoms with Crippen molar-refractivity contribution >= 4 is 11.8 Å². The maximum Gasteiger partial charge on any atom is 0.209 e. The Balaban J connectivity index is 1.93. The molecule has 0 amide bonds. The van der Waals surface area contributed by atoms with Gasteiger partial charge in [-0.25, -0.2) is 4.68 Å². The van der Waals surface area contributed by atoms with E-state index < -0.39 is 5.60 Å². The minimum Gasteiger partial charge on any atom is -0.389 e. The molecule has 2 rings (SSSR count). The molecule has 0 atom stereocenters. The Labute approximate surface area is 112 Å². The maximum absolute atomic E-state index is 10.5. The molecule has 1 aromatic rings. The number of nitrogens with zero attached hydrogens (tertiary/aromatic N) is 4. The smallest absolute Gasteiger partial charge is 0.209 e. The zero-order chi connectivity index (χ0) is 13.2. The average Bonchev–Trinajstić information content (AvgIpc) is 2.79. The normalized spacial score (nSPS) is 28.8. The molecule has 1 aliphatic rings. The fourth-order valence-electron chi connectivity index (χ4n) is 2.25. The van der Waals surface area contributed by atoms with Gasteiger partial charge in [-0.2, -0.15) is 0 Å². The van der Waals surface area contributed by atoms with Gasteiger partial charge in [-0.3, -0.25) is 0 Å². The molecule has 6 heteroatoms. The van der Waals surface area contributed by atoms with Gasteiger partial charge >= 0.3 is 0 Å². The van der Waals surface area contributed by atoms with Crippen LogP contribution in [0.25, 0.3) is 0 Å². The van der Waals surface area contributed by atoms with Crippen molar-refractivity contribution in [1.82, 2.24) is 20.2 Å². The number of rotatable bonds is 4. The monoisotopic (exact) mass is 270 g/mol. The van der Waals surface area contributed by atoms with Gasteiger partial charge in [-0.05, 0) is 55.9 Å². The Morgan fingerprint density at radius 3 is 2.72 bits per heavy atom. The van der Waals surface area contributed by atoms with E-state index >= 15 is 0 Å². The molecule has 1 saturated carbocycles. The highest BCUT2D eigenvalue weighted by Crippen LogP contribution is 2.35. The average molecular weight is 270 g/mol. The molecule has 18 heavy (non-hydrogen) atoms. The molecule has 1 heterocycles. The third-order valence-corrected chi connectivity index (χ3v) is 4.84. The van der Waals surface area contributed by atoms with Crippen LogP contribution in [0.1, 0.15) is 52.5 Å². The van der Waals surface area contributed by atoms with Crippen LogP contribution in [0.15, 0.2) is 5.16 Å². The molecule has 0 aliphatic heterocycles. The number of tetrazole rings is 1. The molecule has 0 aromatic carbocycles. The summed E-state index contributed by atoms with van der Waals surface area (Å²) in [5.74, 6) is 1.43. The molecular formula is C12H22N4OS. The van der Waals surface area contributed by atoms with Crippen molar-refractivity contribution in [1.29, 1.82) is 0 Å². The molecule has 0 spiro atoms. The molecule has 1 N–H and O–H groups in total. The minimum atomic E-state index is -0.537. The molecule has 1 fully saturated rings. The molecule has 0 saturated heterocycles. The van der Waals surface area contributed by atoms with Crippen LogP contribution in [0.5, 0.6) is 0 Å². The lowest BCUT2D eigenvalue weighted by molar-refractivity contribution is 0.0149. The van der Waals surface area contributed by atoms with Gasteiger partial charge in [0.2, 0.25) is 5.16 Å². The van der Waals surface area contributed by atoms with E-state index in [0.29, 0.717) is 5.75 Å². The summed E-state index contributed by atoms with van der Waals surface area (Å²) in [6, 6.07) is 0.253. The number of hydrogen-bond acceptors (Lipinski definition) is 5. The van der Waals surface area contributed by atoms with Crippen LogP contribution < -0.4 is 0 Å². The van der Waals surface area contributed by atoms with Gasteiger partial charge in [0.05, 0.1) is 11.6 Å². The quantitative estimate of drug-likeness (QED) is 0.850. The highest BCUT2D eigenvalue weighted by atomic mass is 32.2. The number of thioether (sulfide) groups is 1. The van der Waals surface area contributed by atoms with E-state index in [9.17, 15) is 5.11 Å². The van der Waals surface area contributed by atoms with Crippen molar-refractivity contribution in [2.75, 3.05) is 5.75 Å². The van der Waals surface area contributed by atoms with E-state index in [-0.39, 0.29) is 6.04 Å².